The van der Waals surface area contributed by atoms with Crippen molar-refractivity contribution in [2.75, 3.05) is 6.61 Å². The third kappa shape index (κ3) is 2.54. The fourth-order valence-corrected chi connectivity index (χ4v) is 3.06. The van der Waals surface area contributed by atoms with Crippen LogP contribution in [0.2, 0.25) is 0 Å². The number of nitrogens with zero attached hydrogens (tertiary/aromatic N) is 3. The van der Waals surface area contributed by atoms with E-state index in [0.717, 1.165) is 39.8 Å². The van der Waals surface area contributed by atoms with Gasteiger partial charge < -0.3 is 4.74 Å². The average molecular weight is 287 g/mol. The number of hydrogen-bond acceptors (Lipinski definition) is 4. The van der Waals surface area contributed by atoms with Gasteiger partial charge in [0.15, 0.2) is 0 Å². The highest BCUT2D eigenvalue weighted by molar-refractivity contribution is 7.16. The maximum atomic E-state index is 5.45. The molecule has 20 heavy (non-hydrogen) atoms. The van der Waals surface area contributed by atoms with Crippen molar-refractivity contribution in [1.82, 2.24) is 14.6 Å². The van der Waals surface area contributed by atoms with Crippen LogP contribution in [0.5, 0.6) is 5.75 Å². The molecule has 0 saturated carbocycles. The third-order valence-electron chi connectivity index (χ3n) is 3.01. The molecule has 0 amide bonds. The lowest BCUT2D eigenvalue weighted by Crippen LogP contribution is -1.90. The van der Waals surface area contributed by atoms with Gasteiger partial charge in [-0.25, -0.2) is 9.50 Å². The molecule has 0 saturated heterocycles. The molecule has 0 aliphatic carbocycles. The summed E-state index contributed by atoms with van der Waals surface area (Å²) in [5.41, 5.74) is 2.04. The van der Waals surface area contributed by atoms with E-state index in [4.69, 9.17) is 4.74 Å². The van der Waals surface area contributed by atoms with E-state index >= 15 is 0 Å². The van der Waals surface area contributed by atoms with E-state index in [1.54, 1.807) is 11.3 Å². The summed E-state index contributed by atoms with van der Waals surface area (Å²) < 4.78 is 7.32. The molecular formula is C15H17N3OS. The van der Waals surface area contributed by atoms with Gasteiger partial charge in [0.05, 0.1) is 18.5 Å². The smallest absolute Gasteiger partial charge is 0.212 e. The highest BCUT2D eigenvalue weighted by Gasteiger charge is 2.09. The minimum Gasteiger partial charge on any atom is -0.494 e. The van der Waals surface area contributed by atoms with Gasteiger partial charge in [0.25, 0.3) is 0 Å². The van der Waals surface area contributed by atoms with Crippen LogP contribution in [0.3, 0.4) is 0 Å². The Hall–Kier alpha value is -1.88. The molecule has 3 rings (SSSR count). The molecule has 104 valence electrons. The number of hydrogen-bond donors (Lipinski definition) is 0. The molecule has 3 aromatic rings. The Kier molecular flexibility index (Phi) is 3.69. The summed E-state index contributed by atoms with van der Waals surface area (Å²) in [6.07, 6.45) is 4.12. The fourth-order valence-electron chi connectivity index (χ4n) is 2.08. The maximum absolute atomic E-state index is 5.45. The summed E-state index contributed by atoms with van der Waals surface area (Å²) in [5.74, 6) is 0.889. The van der Waals surface area contributed by atoms with E-state index in [1.807, 2.05) is 41.9 Å². The van der Waals surface area contributed by atoms with Crippen LogP contribution < -0.4 is 4.74 Å². The molecule has 0 aliphatic rings. The normalized spacial score (nSPS) is 11.1. The van der Waals surface area contributed by atoms with Gasteiger partial charge in [0.2, 0.25) is 4.96 Å². The van der Waals surface area contributed by atoms with Gasteiger partial charge in [-0.2, -0.15) is 5.10 Å². The number of ether oxygens (including phenoxy) is 1. The fraction of sp³-hybridized carbons (Fsp3) is 0.333. The predicted octanol–water partition coefficient (Wildman–Crippen LogP) is 3.81. The average Bonchev–Trinajstić information content (AvgIpc) is 2.98. The SMILES string of the molecule is CCCc1nn2cc(-c3ccc(OCC)cc3)nc2s1. The van der Waals surface area contributed by atoms with Crippen molar-refractivity contribution in [1.29, 1.82) is 0 Å². The van der Waals surface area contributed by atoms with Crippen molar-refractivity contribution >= 4 is 16.3 Å². The molecule has 0 atom stereocenters. The lowest BCUT2D eigenvalue weighted by atomic mass is 10.2. The summed E-state index contributed by atoms with van der Waals surface area (Å²) in [5, 5.41) is 5.69. The third-order valence-corrected chi connectivity index (χ3v) is 3.99. The highest BCUT2D eigenvalue weighted by Crippen LogP contribution is 2.24. The molecule has 0 radical (unpaired) electrons. The van der Waals surface area contributed by atoms with E-state index in [2.05, 4.69) is 17.0 Å². The number of rotatable bonds is 5. The number of aromatic nitrogens is 3. The minimum atomic E-state index is 0.684. The van der Waals surface area contributed by atoms with Crippen molar-refractivity contribution < 1.29 is 4.74 Å². The molecule has 0 bridgehead atoms. The molecule has 0 fully saturated rings. The molecule has 0 aliphatic heterocycles. The molecule has 0 spiro atoms. The van der Waals surface area contributed by atoms with Crippen LogP contribution in [0, 0.1) is 0 Å². The van der Waals surface area contributed by atoms with Gasteiger partial charge in [-0.3, -0.25) is 0 Å². The molecule has 0 unspecified atom stereocenters. The highest BCUT2D eigenvalue weighted by atomic mass is 32.1. The predicted molar refractivity (Wildman–Crippen MR) is 81.5 cm³/mol. The van der Waals surface area contributed by atoms with Gasteiger partial charge in [-0.1, -0.05) is 18.3 Å². The Labute approximate surface area is 122 Å². The van der Waals surface area contributed by atoms with Crippen molar-refractivity contribution in [2.24, 2.45) is 0 Å². The Bertz CT molecular complexity index is 668. The van der Waals surface area contributed by atoms with E-state index in [0.29, 0.717) is 6.61 Å². The second-order valence-corrected chi connectivity index (χ2v) is 5.60. The molecule has 4 nitrogen and oxygen atoms in total. The van der Waals surface area contributed by atoms with Gasteiger partial charge in [-0.05, 0) is 37.6 Å². The van der Waals surface area contributed by atoms with Gasteiger partial charge >= 0.3 is 0 Å². The van der Waals surface area contributed by atoms with Crippen LogP contribution in [-0.4, -0.2) is 21.2 Å². The first-order chi connectivity index (χ1) is 9.80. The van der Waals surface area contributed by atoms with E-state index in [-0.39, 0.29) is 0 Å². The molecular weight excluding hydrogens is 270 g/mol. The minimum absolute atomic E-state index is 0.684. The van der Waals surface area contributed by atoms with Crippen molar-refractivity contribution in [3.63, 3.8) is 0 Å². The first-order valence-corrected chi connectivity index (χ1v) is 7.70. The van der Waals surface area contributed by atoms with Crippen molar-refractivity contribution in [2.45, 2.75) is 26.7 Å². The van der Waals surface area contributed by atoms with Crippen LogP contribution in [0.15, 0.2) is 30.5 Å². The van der Waals surface area contributed by atoms with E-state index in [1.165, 1.54) is 0 Å². The van der Waals surface area contributed by atoms with Gasteiger partial charge in [0, 0.05) is 12.0 Å². The molecule has 2 aromatic heterocycles. The summed E-state index contributed by atoms with van der Waals surface area (Å²) in [4.78, 5) is 5.60. The summed E-state index contributed by atoms with van der Waals surface area (Å²) in [7, 11) is 0. The number of fused-ring (bicyclic) bond motifs is 1. The monoisotopic (exact) mass is 287 g/mol. The van der Waals surface area contributed by atoms with Crippen LogP contribution in [-0.2, 0) is 6.42 Å². The van der Waals surface area contributed by atoms with Crippen molar-refractivity contribution in [3.8, 4) is 17.0 Å². The maximum Gasteiger partial charge on any atom is 0.212 e. The zero-order chi connectivity index (χ0) is 13.9. The lowest BCUT2D eigenvalue weighted by molar-refractivity contribution is 0.340. The van der Waals surface area contributed by atoms with Crippen LogP contribution in [0.25, 0.3) is 16.2 Å². The number of benzene rings is 1. The quantitative estimate of drug-likeness (QED) is 0.716. The number of aryl methyl sites for hydroxylation is 1. The number of imidazole rings is 1. The van der Waals surface area contributed by atoms with Gasteiger partial charge in [-0.15, -0.1) is 0 Å². The first-order valence-electron chi connectivity index (χ1n) is 6.88. The Morgan fingerprint density at radius 2 is 2.00 bits per heavy atom. The first kappa shape index (κ1) is 13.1. The van der Waals surface area contributed by atoms with E-state index < -0.39 is 0 Å². The summed E-state index contributed by atoms with van der Waals surface area (Å²) in [6, 6.07) is 8.01. The zero-order valence-corrected chi connectivity index (χ0v) is 12.5. The Balaban J connectivity index is 1.87. The Morgan fingerprint density at radius 3 is 2.65 bits per heavy atom. The summed E-state index contributed by atoms with van der Waals surface area (Å²) >= 11 is 1.66. The molecule has 2 heterocycles. The van der Waals surface area contributed by atoms with Gasteiger partial charge in [0.1, 0.15) is 10.8 Å². The molecule has 0 N–H and O–H groups in total. The Morgan fingerprint density at radius 1 is 1.20 bits per heavy atom. The standard InChI is InChI=1S/C15H17N3OS/c1-3-5-14-17-18-10-13(16-15(18)20-14)11-6-8-12(9-7-11)19-4-2/h6-10H,3-5H2,1-2H3. The topological polar surface area (TPSA) is 39.4 Å². The zero-order valence-electron chi connectivity index (χ0n) is 11.7. The molecule has 1 aromatic carbocycles. The largest absolute Gasteiger partial charge is 0.494 e. The summed E-state index contributed by atoms with van der Waals surface area (Å²) in [6.45, 7) is 4.83. The second-order valence-electron chi connectivity index (χ2n) is 4.56. The van der Waals surface area contributed by atoms with Crippen LogP contribution in [0.4, 0.5) is 0 Å². The van der Waals surface area contributed by atoms with E-state index in [9.17, 15) is 0 Å². The van der Waals surface area contributed by atoms with Crippen molar-refractivity contribution in [3.05, 3.63) is 35.5 Å². The lowest BCUT2D eigenvalue weighted by Gasteiger charge is -2.02. The van der Waals surface area contributed by atoms with Crippen LogP contribution >= 0.6 is 11.3 Å². The molecule has 5 heteroatoms. The second kappa shape index (κ2) is 5.63. The van der Waals surface area contributed by atoms with Crippen LogP contribution in [0.1, 0.15) is 25.3 Å².